The topological polar surface area (TPSA) is 119 Å². The van der Waals surface area contributed by atoms with Crippen LogP contribution in [0.4, 0.5) is 5.69 Å². The van der Waals surface area contributed by atoms with Gasteiger partial charge in [-0.25, -0.2) is 8.42 Å². The Kier molecular flexibility index (Phi) is 7.14. The summed E-state index contributed by atoms with van der Waals surface area (Å²) < 4.78 is 31.7. The highest BCUT2D eigenvalue weighted by molar-refractivity contribution is 7.89. The van der Waals surface area contributed by atoms with Gasteiger partial charge in [-0.3, -0.25) is 14.9 Å². The SMILES string of the molecule is CCC(CC)NC(=O)COc1ccc(S(=O)(=O)N2CCCC2)cc1[N+](=O)[O-]. The first-order valence-electron chi connectivity index (χ1n) is 9.00. The number of carbonyl (C=O) groups is 1. The van der Waals surface area contributed by atoms with E-state index in [9.17, 15) is 23.3 Å². The minimum absolute atomic E-state index is 0.0177. The molecule has 10 heteroatoms. The van der Waals surface area contributed by atoms with Gasteiger partial charge in [0.2, 0.25) is 10.0 Å². The molecule has 150 valence electrons. The fourth-order valence-electron chi connectivity index (χ4n) is 2.91. The molecule has 27 heavy (non-hydrogen) atoms. The lowest BCUT2D eigenvalue weighted by atomic mass is 10.2. The van der Waals surface area contributed by atoms with Gasteiger partial charge in [-0.05, 0) is 37.8 Å². The van der Waals surface area contributed by atoms with Crippen LogP contribution in [0.25, 0.3) is 0 Å². The summed E-state index contributed by atoms with van der Waals surface area (Å²) in [7, 11) is -3.77. The molecule has 1 aliphatic heterocycles. The molecular weight excluding hydrogens is 374 g/mol. The second-order valence-corrected chi connectivity index (χ2v) is 8.31. The zero-order valence-electron chi connectivity index (χ0n) is 15.5. The molecule has 2 rings (SSSR count). The van der Waals surface area contributed by atoms with Gasteiger partial charge >= 0.3 is 5.69 Å². The number of hydrogen-bond acceptors (Lipinski definition) is 6. The lowest BCUT2D eigenvalue weighted by molar-refractivity contribution is -0.386. The lowest BCUT2D eigenvalue weighted by Crippen LogP contribution is -2.37. The summed E-state index contributed by atoms with van der Waals surface area (Å²) in [5.41, 5.74) is -0.481. The van der Waals surface area contributed by atoms with Crippen molar-refractivity contribution in [2.24, 2.45) is 0 Å². The van der Waals surface area contributed by atoms with Crippen LogP contribution in [0.2, 0.25) is 0 Å². The normalized spacial score (nSPS) is 15.1. The highest BCUT2D eigenvalue weighted by Crippen LogP contribution is 2.31. The molecule has 1 aromatic rings. The molecule has 0 atom stereocenters. The number of nitrogens with zero attached hydrogens (tertiary/aromatic N) is 2. The van der Waals surface area contributed by atoms with E-state index in [1.807, 2.05) is 13.8 Å². The second-order valence-electron chi connectivity index (χ2n) is 6.37. The van der Waals surface area contributed by atoms with Crippen molar-refractivity contribution < 1.29 is 22.9 Å². The monoisotopic (exact) mass is 399 g/mol. The van der Waals surface area contributed by atoms with Crippen LogP contribution in [0.15, 0.2) is 23.1 Å². The second kappa shape index (κ2) is 9.14. The average Bonchev–Trinajstić information content (AvgIpc) is 3.19. The van der Waals surface area contributed by atoms with Crippen LogP contribution in [-0.4, -0.2) is 49.3 Å². The fraction of sp³-hybridized carbons (Fsp3) is 0.588. The molecule has 9 nitrogen and oxygen atoms in total. The van der Waals surface area contributed by atoms with Gasteiger partial charge in [-0.1, -0.05) is 13.8 Å². The van der Waals surface area contributed by atoms with Crippen molar-refractivity contribution in [3.8, 4) is 5.75 Å². The molecular formula is C17H25N3O6S. The molecule has 0 aromatic heterocycles. The fourth-order valence-corrected chi connectivity index (χ4v) is 4.44. The third kappa shape index (κ3) is 5.16. The van der Waals surface area contributed by atoms with E-state index in [1.54, 1.807) is 0 Å². The zero-order chi connectivity index (χ0) is 20.0. The van der Waals surface area contributed by atoms with Crippen molar-refractivity contribution in [1.29, 1.82) is 0 Å². The Morgan fingerprint density at radius 2 is 1.93 bits per heavy atom. The number of hydrogen-bond donors (Lipinski definition) is 1. The maximum absolute atomic E-state index is 12.6. The van der Waals surface area contributed by atoms with Crippen molar-refractivity contribution in [1.82, 2.24) is 9.62 Å². The van der Waals surface area contributed by atoms with E-state index in [-0.39, 0.29) is 29.2 Å². The Bertz CT molecular complexity index is 786. The van der Waals surface area contributed by atoms with Gasteiger partial charge < -0.3 is 10.1 Å². The summed E-state index contributed by atoms with van der Waals surface area (Å²) in [6.07, 6.45) is 3.08. The largest absolute Gasteiger partial charge is 0.477 e. The van der Waals surface area contributed by atoms with Crippen molar-refractivity contribution >= 4 is 21.6 Å². The third-order valence-corrected chi connectivity index (χ3v) is 6.43. The molecule has 1 amide bonds. The minimum atomic E-state index is -3.77. The number of ether oxygens (including phenoxy) is 1. The molecule has 0 saturated carbocycles. The molecule has 0 radical (unpaired) electrons. The van der Waals surface area contributed by atoms with E-state index >= 15 is 0 Å². The molecule has 0 bridgehead atoms. The minimum Gasteiger partial charge on any atom is -0.477 e. The van der Waals surface area contributed by atoms with E-state index in [0.29, 0.717) is 13.1 Å². The summed E-state index contributed by atoms with van der Waals surface area (Å²) in [5.74, 6) is -0.521. The molecule has 0 spiro atoms. The quantitative estimate of drug-likeness (QED) is 0.501. The molecule has 1 fully saturated rings. The van der Waals surface area contributed by atoms with Gasteiger partial charge in [0.1, 0.15) is 0 Å². The maximum atomic E-state index is 12.6. The van der Waals surface area contributed by atoms with Crippen LogP contribution in [0.5, 0.6) is 5.75 Å². The van der Waals surface area contributed by atoms with E-state index in [4.69, 9.17) is 4.74 Å². The summed E-state index contributed by atoms with van der Waals surface area (Å²) in [6.45, 7) is 4.32. The summed E-state index contributed by atoms with van der Waals surface area (Å²) in [5, 5.41) is 14.1. The molecule has 1 N–H and O–H groups in total. The van der Waals surface area contributed by atoms with Crippen LogP contribution < -0.4 is 10.1 Å². The number of carbonyl (C=O) groups excluding carboxylic acids is 1. The number of nitrogens with one attached hydrogen (secondary N) is 1. The Morgan fingerprint density at radius 1 is 1.30 bits per heavy atom. The van der Waals surface area contributed by atoms with Crippen LogP contribution in [0.3, 0.4) is 0 Å². The first-order chi connectivity index (χ1) is 12.8. The van der Waals surface area contributed by atoms with Crippen LogP contribution in [-0.2, 0) is 14.8 Å². The van der Waals surface area contributed by atoms with Gasteiger partial charge in [-0.2, -0.15) is 4.31 Å². The standard InChI is InChI=1S/C17H25N3O6S/c1-3-13(4-2)18-17(21)12-26-16-8-7-14(11-15(16)20(22)23)27(24,25)19-9-5-6-10-19/h7-8,11,13H,3-6,9-10,12H2,1-2H3,(H,18,21). The Morgan fingerprint density at radius 3 is 2.48 bits per heavy atom. The van der Waals surface area contributed by atoms with Crippen LogP contribution in [0, 0.1) is 10.1 Å². The van der Waals surface area contributed by atoms with Gasteiger partial charge in [0.25, 0.3) is 5.91 Å². The Balaban J connectivity index is 2.16. The number of rotatable bonds is 9. The summed E-state index contributed by atoms with van der Waals surface area (Å²) in [6, 6.07) is 3.51. The first-order valence-corrected chi connectivity index (χ1v) is 10.4. The van der Waals surface area contributed by atoms with Crippen molar-refractivity contribution in [2.75, 3.05) is 19.7 Å². The number of nitro benzene ring substituents is 1. The smallest absolute Gasteiger partial charge is 0.312 e. The number of sulfonamides is 1. The average molecular weight is 399 g/mol. The number of amides is 1. The maximum Gasteiger partial charge on any atom is 0.312 e. The molecule has 1 heterocycles. The number of nitro groups is 1. The van der Waals surface area contributed by atoms with Gasteiger partial charge in [0.15, 0.2) is 12.4 Å². The van der Waals surface area contributed by atoms with Crippen molar-refractivity contribution in [3.05, 3.63) is 28.3 Å². The zero-order valence-corrected chi connectivity index (χ0v) is 16.3. The van der Waals surface area contributed by atoms with Crippen molar-refractivity contribution in [3.63, 3.8) is 0 Å². The molecule has 1 saturated heterocycles. The molecule has 0 unspecified atom stereocenters. The molecule has 1 aromatic carbocycles. The van der Waals surface area contributed by atoms with E-state index in [1.165, 1.54) is 16.4 Å². The van der Waals surface area contributed by atoms with Gasteiger partial charge in [0.05, 0.1) is 9.82 Å². The van der Waals surface area contributed by atoms with E-state index < -0.39 is 20.6 Å². The van der Waals surface area contributed by atoms with E-state index in [2.05, 4.69) is 5.32 Å². The first kappa shape index (κ1) is 21.1. The third-order valence-electron chi connectivity index (χ3n) is 4.54. The highest BCUT2D eigenvalue weighted by Gasteiger charge is 2.30. The van der Waals surface area contributed by atoms with Crippen LogP contribution >= 0.6 is 0 Å². The Labute approximate surface area is 158 Å². The molecule has 1 aliphatic rings. The van der Waals surface area contributed by atoms with Gasteiger partial charge in [-0.15, -0.1) is 0 Å². The van der Waals surface area contributed by atoms with Crippen molar-refractivity contribution in [2.45, 2.75) is 50.5 Å². The Hall–Kier alpha value is -2.20. The lowest BCUT2D eigenvalue weighted by Gasteiger charge is -2.16. The summed E-state index contributed by atoms with van der Waals surface area (Å²) >= 11 is 0. The number of benzene rings is 1. The van der Waals surface area contributed by atoms with Gasteiger partial charge in [0, 0.05) is 25.2 Å². The highest BCUT2D eigenvalue weighted by atomic mass is 32.2. The summed E-state index contributed by atoms with van der Waals surface area (Å²) in [4.78, 5) is 22.4. The van der Waals surface area contributed by atoms with E-state index in [0.717, 1.165) is 31.7 Å². The predicted octanol–water partition coefficient (Wildman–Crippen LogP) is 2.06. The predicted molar refractivity (Wildman–Crippen MR) is 99.1 cm³/mol. The molecule has 0 aliphatic carbocycles. The van der Waals surface area contributed by atoms with Crippen LogP contribution in [0.1, 0.15) is 39.5 Å².